The summed E-state index contributed by atoms with van der Waals surface area (Å²) >= 11 is 1.74. The monoisotopic (exact) mass is 465 g/mol. The van der Waals surface area contributed by atoms with E-state index in [0.29, 0.717) is 24.4 Å². The topological polar surface area (TPSA) is 84.2 Å². The van der Waals surface area contributed by atoms with E-state index in [1.807, 2.05) is 18.2 Å². The summed E-state index contributed by atoms with van der Waals surface area (Å²) < 4.78 is 2.40. The Morgan fingerprint density at radius 3 is 2.55 bits per heavy atom. The zero-order valence-corrected chi connectivity index (χ0v) is 19.7. The van der Waals surface area contributed by atoms with Gasteiger partial charge in [0.15, 0.2) is 0 Å². The van der Waals surface area contributed by atoms with Crippen LogP contribution in [0.3, 0.4) is 0 Å². The fourth-order valence-electron chi connectivity index (χ4n) is 5.57. The third-order valence-corrected chi connectivity index (χ3v) is 8.22. The fourth-order valence-corrected chi connectivity index (χ4v) is 6.27. The number of benzene rings is 1. The maximum Gasteiger partial charge on any atom is 0.329 e. The van der Waals surface area contributed by atoms with Crippen molar-refractivity contribution in [1.82, 2.24) is 14.9 Å². The molecule has 0 radical (unpaired) electrons. The number of hydrogen-bond acceptors (Lipinski definition) is 4. The molecule has 2 aromatic heterocycles. The first-order chi connectivity index (χ1) is 16.1. The Labute approximate surface area is 198 Å². The number of amides is 1. The van der Waals surface area contributed by atoms with Gasteiger partial charge in [0, 0.05) is 22.9 Å². The van der Waals surface area contributed by atoms with Crippen LogP contribution in [0.2, 0.25) is 0 Å². The minimum absolute atomic E-state index is 0.326. The molecule has 174 valence electrons. The molecule has 6 nitrogen and oxygen atoms in total. The first-order valence-corrected chi connectivity index (χ1v) is 13.0. The van der Waals surface area contributed by atoms with Crippen molar-refractivity contribution in [3.05, 3.63) is 52.0 Å². The van der Waals surface area contributed by atoms with E-state index in [4.69, 9.17) is 4.98 Å². The molecule has 0 saturated heterocycles. The van der Waals surface area contributed by atoms with Crippen molar-refractivity contribution >= 4 is 34.2 Å². The molecule has 2 fully saturated rings. The van der Waals surface area contributed by atoms with Gasteiger partial charge in [-0.25, -0.2) is 9.78 Å². The highest BCUT2D eigenvalue weighted by Gasteiger charge is 2.41. The molecule has 0 spiro atoms. The number of carboxylic acid groups (broad SMARTS) is 1. The Kier molecular flexibility index (Phi) is 6.23. The van der Waals surface area contributed by atoms with Gasteiger partial charge >= 0.3 is 5.97 Å². The van der Waals surface area contributed by atoms with Crippen molar-refractivity contribution in [2.24, 2.45) is 0 Å². The van der Waals surface area contributed by atoms with Crippen LogP contribution in [0.1, 0.15) is 91.3 Å². The van der Waals surface area contributed by atoms with E-state index in [2.05, 4.69) is 27.4 Å². The summed E-state index contributed by atoms with van der Waals surface area (Å²) in [5.41, 5.74) is 1.20. The Bertz CT molecular complexity index is 1140. The highest BCUT2D eigenvalue weighted by molar-refractivity contribution is 7.09. The number of nitrogens with one attached hydrogen (secondary N) is 1. The van der Waals surface area contributed by atoms with Gasteiger partial charge in [0.05, 0.1) is 11.0 Å². The van der Waals surface area contributed by atoms with Crippen LogP contribution in [0.4, 0.5) is 0 Å². The number of carbonyl (C=O) groups excluding carboxylic acids is 1. The number of rotatable bonds is 6. The lowest BCUT2D eigenvalue weighted by atomic mass is 9.81. The van der Waals surface area contributed by atoms with Gasteiger partial charge in [-0.1, -0.05) is 44.6 Å². The molecule has 0 aliphatic heterocycles. The van der Waals surface area contributed by atoms with Crippen molar-refractivity contribution in [2.75, 3.05) is 0 Å². The molecular weight excluding hydrogens is 434 g/mol. The van der Waals surface area contributed by atoms with Crippen LogP contribution in [0.15, 0.2) is 35.7 Å². The zero-order valence-electron chi connectivity index (χ0n) is 18.9. The summed E-state index contributed by atoms with van der Waals surface area (Å²) in [6, 6.07) is 10.3. The molecule has 2 N–H and O–H groups in total. The van der Waals surface area contributed by atoms with Crippen LogP contribution in [-0.2, 0) is 11.2 Å². The minimum Gasteiger partial charge on any atom is -0.480 e. The third-order valence-electron chi connectivity index (χ3n) is 7.35. The van der Waals surface area contributed by atoms with Gasteiger partial charge < -0.3 is 15.0 Å². The lowest BCUT2D eigenvalue weighted by molar-refractivity contribution is -0.145. The van der Waals surface area contributed by atoms with Gasteiger partial charge in [0.1, 0.15) is 11.4 Å². The fraction of sp³-hybridized carbons (Fsp3) is 0.500. The van der Waals surface area contributed by atoms with Gasteiger partial charge in [-0.05, 0) is 55.3 Å². The Balaban J connectivity index is 1.48. The smallest absolute Gasteiger partial charge is 0.329 e. The van der Waals surface area contributed by atoms with Crippen LogP contribution < -0.4 is 5.32 Å². The first-order valence-electron chi connectivity index (χ1n) is 12.1. The number of thiophene rings is 1. The summed E-state index contributed by atoms with van der Waals surface area (Å²) in [4.78, 5) is 31.4. The molecule has 7 heteroatoms. The van der Waals surface area contributed by atoms with Crippen LogP contribution in [0, 0.1) is 0 Å². The average Bonchev–Trinajstić information content (AvgIpc) is 3.47. The van der Waals surface area contributed by atoms with Crippen molar-refractivity contribution in [2.45, 2.75) is 82.2 Å². The molecule has 0 unspecified atom stereocenters. The van der Waals surface area contributed by atoms with E-state index in [1.165, 1.54) is 24.1 Å². The maximum atomic E-state index is 13.1. The second kappa shape index (κ2) is 9.29. The molecule has 3 aromatic rings. The van der Waals surface area contributed by atoms with Gasteiger partial charge in [-0.2, -0.15) is 0 Å². The number of aliphatic carboxylic acids is 1. The minimum atomic E-state index is -1.16. The molecule has 2 aliphatic rings. The molecule has 2 heterocycles. The predicted octanol–water partition coefficient (Wildman–Crippen LogP) is 5.71. The number of nitrogens with zero attached hydrogens (tertiary/aromatic N) is 2. The summed E-state index contributed by atoms with van der Waals surface area (Å²) in [5, 5.41) is 14.8. The summed E-state index contributed by atoms with van der Waals surface area (Å²) in [7, 11) is 0. The summed E-state index contributed by atoms with van der Waals surface area (Å²) in [6.07, 6.45) is 10.5. The highest BCUT2D eigenvalue weighted by Crippen LogP contribution is 2.34. The van der Waals surface area contributed by atoms with Crippen LogP contribution in [0.25, 0.3) is 11.0 Å². The Morgan fingerprint density at radius 1 is 1.09 bits per heavy atom. The number of carboxylic acids is 1. The van der Waals surface area contributed by atoms with Gasteiger partial charge in [0.2, 0.25) is 0 Å². The first kappa shape index (κ1) is 22.1. The maximum absolute atomic E-state index is 13.1. The predicted molar refractivity (Wildman–Crippen MR) is 130 cm³/mol. The third kappa shape index (κ3) is 4.43. The lowest BCUT2D eigenvalue weighted by Crippen LogP contribution is -2.55. The summed E-state index contributed by atoms with van der Waals surface area (Å²) in [5.74, 6) is -0.212. The van der Waals surface area contributed by atoms with E-state index in [9.17, 15) is 14.7 Å². The normalized spacial score (nSPS) is 18.9. The number of hydrogen-bond donors (Lipinski definition) is 2. The van der Waals surface area contributed by atoms with E-state index in [0.717, 1.165) is 55.4 Å². The molecular formula is C26H31N3O3S. The summed E-state index contributed by atoms with van der Waals surface area (Å²) in [6.45, 7) is 0. The van der Waals surface area contributed by atoms with Crippen LogP contribution >= 0.6 is 11.3 Å². The van der Waals surface area contributed by atoms with E-state index >= 15 is 0 Å². The number of imidazole rings is 1. The van der Waals surface area contributed by atoms with Crippen LogP contribution in [-0.4, -0.2) is 32.1 Å². The van der Waals surface area contributed by atoms with Crippen molar-refractivity contribution in [3.8, 4) is 0 Å². The standard InChI is InChI=1S/C26H31N3O3S/c30-24(28-26(25(31)32)13-5-2-6-14-26)18-11-12-22-21(16-18)27-23(17-20-10-7-15-33-20)29(22)19-8-3-1-4-9-19/h7,10-12,15-16,19H,1-6,8-9,13-14,17H2,(H,28,30)(H,31,32). The van der Waals surface area contributed by atoms with Crippen molar-refractivity contribution < 1.29 is 14.7 Å². The molecule has 2 saturated carbocycles. The second-order valence-electron chi connectivity index (χ2n) is 9.55. The molecule has 33 heavy (non-hydrogen) atoms. The average molecular weight is 466 g/mol. The van der Waals surface area contributed by atoms with Crippen molar-refractivity contribution in [3.63, 3.8) is 0 Å². The molecule has 1 amide bonds. The molecule has 2 aliphatic carbocycles. The quantitative estimate of drug-likeness (QED) is 0.488. The van der Waals surface area contributed by atoms with Crippen molar-refractivity contribution in [1.29, 1.82) is 0 Å². The van der Waals surface area contributed by atoms with E-state index in [-0.39, 0.29) is 5.91 Å². The van der Waals surface area contributed by atoms with Gasteiger partial charge in [0.25, 0.3) is 5.91 Å². The largest absolute Gasteiger partial charge is 0.480 e. The van der Waals surface area contributed by atoms with Crippen LogP contribution in [0.5, 0.6) is 0 Å². The Hall–Kier alpha value is -2.67. The zero-order chi connectivity index (χ0) is 22.8. The number of carbonyl (C=O) groups is 2. The SMILES string of the molecule is O=C(NC1(C(=O)O)CCCCC1)c1ccc2c(c1)nc(Cc1cccs1)n2C1CCCCC1. The molecule has 0 atom stereocenters. The highest BCUT2D eigenvalue weighted by atomic mass is 32.1. The molecule has 5 rings (SSSR count). The van der Waals surface area contributed by atoms with E-state index < -0.39 is 11.5 Å². The number of aromatic nitrogens is 2. The number of fused-ring (bicyclic) bond motifs is 1. The Morgan fingerprint density at radius 2 is 1.85 bits per heavy atom. The van der Waals surface area contributed by atoms with Gasteiger partial charge in [-0.15, -0.1) is 11.3 Å². The lowest BCUT2D eigenvalue weighted by Gasteiger charge is -2.34. The molecule has 0 bridgehead atoms. The second-order valence-corrected chi connectivity index (χ2v) is 10.6. The molecule has 1 aromatic carbocycles. The van der Waals surface area contributed by atoms with Gasteiger partial charge in [-0.3, -0.25) is 4.79 Å². The van der Waals surface area contributed by atoms with E-state index in [1.54, 1.807) is 11.3 Å².